The highest BCUT2D eigenvalue weighted by Gasteiger charge is 2.29. The number of piperidine rings is 1. The van der Waals surface area contributed by atoms with Gasteiger partial charge in [-0.3, -0.25) is 4.79 Å². The summed E-state index contributed by atoms with van der Waals surface area (Å²) in [6.07, 6.45) is 1.58. The first-order valence-electron chi connectivity index (χ1n) is 6.72. The highest BCUT2D eigenvalue weighted by molar-refractivity contribution is 7.89. The molecule has 0 radical (unpaired) electrons. The van der Waals surface area contributed by atoms with Crippen molar-refractivity contribution in [1.82, 2.24) is 4.31 Å². The number of primary amides is 1. The van der Waals surface area contributed by atoms with E-state index in [0.29, 0.717) is 37.9 Å². The number of benzene rings is 1. The number of sulfonamides is 1. The van der Waals surface area contributed by atoms with Gasteiger partial charge in [0.2, 0.25) is 15.9 Å². The molecule has 1 fully saturated rings. The summed E-state index contributed by atoms with van der Waals surface area (Å²) in [5.41, 5.74) is 5.59. The molecule has 0 unspecified atom stereocenters. The zero-order valence-corrected chi connectivity index (χ0v) is 12.3. The van der Waals surface area contributed by atoms with Crippen molar-refractivity contribution in [2.45, 2.75) is 24.2 Å². The van der Waals surface area contributed by atoms with Crippen molar-refractivity contribution in [2.75, 3.05) is 13.1 Å². The molecule has 2 N–H and O–H groups in total. The second-order valence-electron chi connectivity index (χ2n) is 5.15. The van der Waals surface area contributed by atoms with Crippen molar-refractivity contribution < 1.29 is 13.2 Å². The van der Waals surface area contributed by atoms with Crippen molar-refractivity contribution in [3.63, 3.8) is 0 Å². The molecule has 1 aromatic carbocycles. The predicted octanol–water partition coefficient (Wildman–Crippen LogP) is 0.834. The number of nitriles is 1. The van der Waals surface area contributed by atoms with E-state index in [4.69, 9.17) is 11.0 Å². The summed E-state index contributed by atoms with van der Waals surface area (Å²) in [6.45, 7) is 0.778. The molecule has 6 nitrogen and oxygen atoms in total. The van der Waals surface area contributed by atoms with Gasteiger partial charge in [-0.2, -0.15) is 9.57 Å². The average Bonchev–Trinajstić information content (AvgIpc) is 2.47. The maximum absolute atomic E-state index is 12.5. The zero-order chi connectivity index (χ0) is 15.5. The lowest BCUT2D eigenvalue weighted by Gasteiger charge is -2.30. The number of nitrogens with zero attached hydrogens (tertiary/aromatic N) is 2. The molecule has 7 heteroatoms. The zero-order valence-electron chi connectivity index (χ0n) is 11.5. The van der Waals surface area contributed by atoms with Gasteiger partial charge in [-0.05, 0) is 43.0 Å². The van der Waals surface area contributed by atoms with Crippen LogP contribution in [0, 0.1) is 17.2 Å². The lowest BCUT2D eigenvalue weighted by atomic mass is 9.94. The van der Waals surface area contributed by atoms with Gasteiger partial charge in [0.05, 0.1) is 16.5 Å². The maximum atomic E-state index is 12.5. The average molecular weight is 307 g/mol. The minimum atomic E-state index is -3.53. The summed E-state index contributed by atoms with van der Waals surface area (Å²) >= 11 is 0. The second kappa shape index (κ2) is 6.24. The van der Waals surface area contributed by atoms with Gasteiger partial charge in [0.1, 0.15) is 0 Å². The lowest BCUT2D eigenvalue weighted by Crippen LogP contribution is -2.39. The smallest absolute Gasteiger partial charge is 0.243 e. The Morgan fingerprint density at radius 2 is 1.86 bits per heavy atom. The van der Waals surface area contributed by atoms with Crippen molar-refractivity contribution >= 4 is 15.9 Å². The Bertz CT molecular complexity index is 654. The minimum Gasteiger partial charge on any atom is -0.370 e. The number of carbonyl (C=O) groups excluding carboxylic acids is 1. The van der Waals surface area contributed by atoms with Crippen LogP contribution in [0.1, 0.15) is 24.8 Å². The van der Waals surface area contributed by atoms with Crippen LogP contribution in [-0.2, 0) is 14.8 Å². The first-order chi connectivity index (χ1) is 9.93. The molecule has 0 spiro atoms. The van der Waals surface area contributed by atoms with E-state index in [9.17, 15) is 13.2 Å². The van der Waals surface area contributed by atoms with Crippen LogP contribution in [0.25, 0.3) is 0 Å². The van der Waals surface area contributed by atoms with Crippen LogP contribution in [0.3, 0.4) is 0 Å². The molecule has 1 aliphatic rings. The summed E-state index contributed by atoms with van der Waals surface area (Å²) in [5, 5.41) is 8.73. The minimum absolute atomic E-state index is 0.162. The van der Waals surface area contributed by atoms with Gasteiger partial charge < -0.3 is 5.73 Å². The molecule has 0 bridgehead atoms. The topological polar surface area (TPSA) is 104 Å². The Hall–Kier alpha value is -1.91. The molecule has 1 heterocycles. The van der Waals surface area contributed by atoms with Crippen molar-refractivity contribution in [2.24, 2.45) is 11.7 Å². The largest absolute Gasteiger partial charge is 0.370 e. The summed E-state index contributed by atoms with van der Waals surface area (Å²) in [6, 6.07) is 7.84. The summed E-state index contributed by atoms with van der Waals surface area (Å²) in [7, 11) is -3.53. The SMILES string of the molecule is N#Cc1ccc(S(=O)(=O)N2CCC(CC(N)=O)CC2)cc1. The Morgan fingerprint density at radius 1 is 1.29 bits per heavy atom. The highest BCUT2D eigenvalue weighted by Crippen LogP contribution is 2.25. The number of carbonyl (C=O) groups is 1. The molecule has 21 heavy (non-hydrogen) atoms. The van der Waals surface area contributed by atoms with Crippen LogP contribution in [0.2, 0.25) is 0 Å². The van der Waals surface area contributed by atoms with Crippen molar-refractivity contribution in [3.05, 3.63) is 29.8 Å². The van der Waals surface area contributed by atoms with E-state index >= 15 is 0 Å². The monoisotopic (exact) mass is 307 g/mol. The fourth-order valence-electron chi connectivity index (χ4n) is 2.49. The van der Waals surface area contributed by atoms with Gasteiger partial charge in [0.15, 0.2) is 0 Å². The molecule has 0 aliphatic carbocycles. The van der Waals surface area contributed by atoms with Crippen LogP contribution in [-0.4, -0.2) is 31.7 Å². The van der Waals surface area contributed by atoms with Gasteiger partial charge in [-0.25, -0.2) is 8.42 Å². The van der Waals surface area contributed by atoms with Crippen LogP contribution >= 0.6 is 0 Å². The van der Waals surface area contributed by atoms with E-state index in [1.54, 1.807) is 0 Å². The van der Waals surface area contributed by atoms with Crippen molar-refractivity contribution in [1.29, 1.82) is 5.26 Å². The Kier molecular flexibility index (Phi) is 4.60. The molecule has 0 saturated carbocycles. The van der Waals surface area contributed by atoms with Gasteiger partial charge >= 0.3 is 0 Å². The first kappa shape index (κ1) is 15.5. The lowest BCUT2D eigenvalue weighted by molar-refractivity contribution is -0.119. The molecular weight excluding hydrogens is 290 g/mol. The quantitative estimate of drug-likeness (QED) is 0.889. The number of amides is 1. The molecule has 1 aliphatic heterocycles. The van der Waals surface area contributed by atoms with Crippen LogP contribution < -0.4 is 5.73 Å². The molecule has 112 valence electrons. The summed E-state index contributed by atoms with van der Waals surface area (Å²) < 4.78 is 26.4. The third kappa shape index (κ3) is 3.60. The number of hydrogen-bond donors (Lipinski definition) is 1. The summed E-state index contributed by atoms with van der Waals surface area (Å²) in [4.78, 5) is 11.1. The van der Waals surface area contributed by atoms with Crippen LogP contribution in [0.15, 0.2) is 29.2 Å². The Balaban J connectivity index is 2.07. The predicted molar refractivity (Wildman–Crippen MR) is 76.5 cm³/mol. The second-order valence-corrected chi connectivity index (χ2v) is 7.09. The van der Waals surface area contributed by atoms with E-state index in [-0.39, 0.29) is 16.7 Å². The van der Waals surface area contributed by atoms with Gasteiger partial charge in [-0.15, -0.1) is 0 Å². The number of rotatable bonds is 4. The van der Waals surface area contributed by atoms with E-state index in [2.05, 4.69) is 0 Å². The third-order valence-electron chi connectivity index (χ3n) is 3.68. The van der Waals surface area contributed by atoms with E-state index < -0.39 is 10.0 Å². The third-order valence-corrected chi connectivity index (χ3v) is 5.60. The Labute approximate surface area is 124 Å². The maximum Gasteiger partial charge on any atom is 0.243 e. The fourth-order valence-corrected chi connectivity index (χ4v) is 3.96. The molecule has 1 aromatic rings. The van der Waals surface area contributed by atoms with Gasteiger partial charge in [-0.1, -0.05) is 0 Å². The van der Waals surface area contributed by atoms with E-state index in [1.165, 1.54) is 28.6 Å². The number of hydrogen-bond acceptors (Lipinski definition) is 4. The van der Waals surface area contributed by atoms with Crippen molar-refractivity contribution in [3.8, 4) is 6.07 Å². The Morgan fingerprint density at radius 3 is 2.33 bits per heavy atom. The van der Waals surface area contributed by atoms with E-state index in [1.807, 2.05) is 6.07 Å². The van der Waals surface area contributed by atoms with Crippen LogP contribution in [0.4, 0.5) is 0 Å². The molecular formula is C14H17N3O3S. The van der Waals surface area contributed by atoms with E-state index in [0.717, 1.165) is 0 Å². The molecule has 2 rings (SSSR count). The normalized spacial score (nSPS) is 17.3. The van der Waals surface area contributed by atoms with Crippen LogP contribution in [0.5, 0.6) is 0 Å². The first-order valence-corrected chi connectivity index (χ1v) is 8.16. The molecule has 1 saturated heterocycles. The summed E-state index contributed by atoms with van der Waals surface area (Å²) in [5.74, 6) is -0.182. The highest BCUT2D eigenvalue weighted by atomic mass is 32.2. The molecule has 0 aromatic heterocycles. The van der Waals surface area contributed by atoms with Gasteiger partial charge in [0.25, 0.3) is 0 Å². The number of nitrogens with two attached hydrogens (primary N) is 1. The standard InChI is InChI=1S/C14H17N3O3S/c15-10-12-1-3-13(4-2-12)21(19,20)17-7-5-11(6-8-17)9-14(16)18/h1-4,11H,5-9H2,(H2,16,18). The van der Waals surface area contributed by atoms with Gasteiger partial charge in [0, 0.05) is 19.5 Å². The fraction of sp³-hybridized carbons (Fsp3) is 0.429. The molecule has 0 atom stereocenters. The molecule has 1 amide bonds.